The molecule has 0 saturated carbocycles. The maximum absolute atomic E-state index is 12.0. The number of rotatable bonds is 3. The van der Waals surface area contributed by atoms with Crippen LogP contribution in [0.1, 0.15) is 44.9 Å². The Morgan fingerprint density at radius 1 is 1.10 bits per heavy atom. The summed E-state index contributed by atoms with van der Waals surface area (Å²) in [5, 5.41) is 20.0. The van der Waals surface area contributed by atoms with Crippen LogP contribution >= 0.6 is 0 Å². The fourth-order valence-corrected chi connectivity index (χ4v) is 2.02. The van der Waals surface area contributed by atoms with Crippen molar-refractivity contribution < 1.29 is 24.6 Å². The number of phenols is 2. The topological polar surface area (TPSA) is 91.7 Å². The molecule has 1 aliphatic carbocycles. The molecule has 0 aliphatic heterocycles. The van der Waals surface area contributed by atoms with Crippen molar-refractivity contribution in [2.45, 2.75) is 13.8 Å². The van der Waals surface area contributed by atoms with Crippen LogP contribution in [0.3, 0.4) is 0 Å². The van der Waals surface area contributed by atoms with E-state index in [2.05, 4.69) is 0 Å². The first kappa shape index (κ1) is 14.7. The van der Waals surface area contributed by atoms with Gasteiger partial charge in [-0.25, -0.2) is 0 Å². The number of fused-ring (bicyclic) bond motifs is 1. The van der Waals surface area contributed by atoms with E-state index in [1.54, 1.807) is 6.08 Å². The number of phenolic OH excluding ortho intramolecular Hbond substituents is 2. The van der Waals surface area contributed by atoms with Crippen LogP contribution in [0.5, 0.6) is 11.5 Å². The van der Waals surface area contributed by atoms with E-state index in [1.165, 1.54) is 6.08 Å². The van der Waals surface area contributed by atoms with Crippen LogP contribution in [0.15, 0.2) is 30.4 Å². The van der Waals surface area contributed by atoms with Crippen LogP contribution in [0, 0.1) is 5.92 Å². The van der Waals surface area contributed by atoms with E-state index in [4.69, 9.17) is 0 Å². The van der Waals surface area contributed by atoms with Gasteiger partial charge in [-0.05, 0) is 30.2 Å². The minimum atomic E-state index is -0.625. The number of benzene rings is 1. The van der Waals surface area contributed by atoms with Gasteiger partial charge in [-0.1, -0.05) is 19.9 Å². The molecule has 0 saturated heterocycles. The molecule has 2 N–H and O–H groups in total. The van der Waals surface area contributed by atoms with Crippen LogP contribution in [0.2, 0.25) is 0 Å². The third kappa shape index (κ3) is 2.63. The predicted octanol–water partition coefficient (Wildman–Crippen LogP) is 2.43. The van der Waals surface area contributed by atoms with Crippen LogP contribution in [-0.4, -0.2) is 27.6 Å². The first-order chi connectivity index (χ1) is 9.82. The van der Waals surface area contributed by atoms with E-state index < -0.39 is 28.8 Å². The zero-order valence-corrected chi connectivity index (χ0v) is 11.6. The highest BCUT2D eigenvalue weighted by Crippen LogP contribution is 2.36. The summed E-state index contributed by atoms with van der Waals surface area (Å²) < 4.78 is 0. The molecule has 5 nitrogen and oxygen atoms in total. The Morgan fingerprint density at radius 2 is 1.67 bits per heavy atom. The Kier molecular flexibility index (Phi) is 3.76. The van der Waals surface area contributed by atoms with Crippen molar-refractivity contribution >= 4 is 17.3 Å². The van der Waals surface area contributed by atoms with Gasteiger partial charge in [0.25, 0.3) is 0 Å². The van der Waals surface area contributed by atoms with Gasteiger partial charge in [0.2, 0.25) is 0 Å². The number of aromatic hydroxyl groups is 2. The molecule has 0 aromatic heterocycles. The zero-order valence-electron chi connectivity index (χ0n) is 11.6. The third-order valence-electron chi connectivity index (χ3n) is 3.06. The maximum Gasteiger partial charge on any atom is 0.190 e. The summed E-state index contributed by atoms with van der Waals surface area (Å²) in [6.07, 6.45) is 4.91. The summed E-state index contributed by atoms with van der Waals surface area (Å²) in [4.78, 5) is 35.5. The van der Waals surface area contributed by atoms with Gasteiger partial charge in [-0.3, -0.25) is 14.4 Å². The summed E-state index contributed by atoms with van der Waals surface area (Å²) in [5.41, 5.74) is -0.812. The fraction of sp³-hybridized carbons (Fsp3) is 0.188. The van der Waals surface area contributed by atoms with Crippen LogP contribution in [0.4, 0.5) is 0 Å². The fourth-order valence-electron chi connectivity index (χ4n) is 2.02. The summed E-state index contributed by atoms with van der Waals surface area (Å²) in [6, 6.07) is 1.01. The van der Waals surface area contributed by atoms with Gasteiger partial charge in [-0.2, -0.15) is 0 Å². The first-order valence-electron chi connectivity index (χ1n) is 6.41. The Labute approximate surface area is 121 Å². The van der Waals surface area contributed by atoms with E-state index in [9.17, 15) is 24.6 Å². The highest BCUT2D eigenvalue weighted by atomic mass is 16.3. The van der Waals surface area contributed by atoms with Crippen molar-refractivity contribution in [3.63, 3.8) is 0 Å². The van der Waals surface area contributed by atoms with Crippen molar-refractivity contribution in [2.24, 2.45) is 5.92 Å². The Bertz CT molecular complexity index is 708. The Morgan fingerprint density at radius 3 is 2.24 bits per heavy atom. The molecule has 1 aliphatic rings. The number of ketones is 3. The average molecular weight is 286 g/mol. The van der Waals surface area contributed by atoms with E-state index in [1.807, 2.05) is 13.8 Å². The van der Waals surface area contributed by atoms with Gasteiger partial charge in [-0.15, -0.1) is 0 Å². The summed E-state index contributed by atoms with van der Waals surface area (Å²) in [7, 11) is 0. The van der Waals surface area contributed by atoms with Gasteiger partial charge in [0.05, 0.1) is 16.7 Å². The van der Waals surface area contributed by atoms with E-state index >= 15 is 0 Å². The van der Waals surface area contributed by atoms with Crippen molar-refractivity contribution in [1.29, 1.82) is 0 Å². The van der Waals surface area contributed by atoms with Gasteiger partial charge >= 0.3 is 0 Å². The molecule has 1 aromatic rings. The molecule has 0 amide bonds. The second-order valence-corrected chi connectivity index (χ2v) is 5.07. The normalized spacial score (nSPS) is 14.0. The van der Waals surface area contributed by atoms with Crippen LogP contribution < -0.4 is 0 Å². The van der Waals surface area contributed by atoms with Crippen LogP contribution in [-0.2, 0) is 0 Å². The molecular weight excluding hydrogens is 272 g/mol. The lowest BCUT2D eigenvalue weighted by molar-refractivity contribution is 0.0987. The molecule has 0 atom stereocenters. The Hall–Kier alpha value is -2.69. The molecule has 5 heteroatoms. The molecule has 0 unspecified atom stereocenters. The highest BCUT2D eigenvalue weighted by molar-refractivity contribution is 6.25. The van der Waals surface area contributed by atoms with Crippen LogP contribution in [0.25, 0.3) is 0 Å². The molecule has 0 radical (unpaired) electrons. The summed E-state index contributed by atoms with van der Waals surface area (Å²) in [5.74, 6) is -2.70. The smallest absolute Gasteiger partial charge is 0.190 e. The lowest BCUT2D eigenvalue weighted by Crippen LogP contribution is -2.14. The summed E-state index contributed by atoms with van der Waals surface area (Å²) >= 11 is 0. The van der Waals surface area contributed by atoms with Crippen molar-refractivity contribution in [3.8, 4) is 11.5 Å². The molecule has 21 heavy (non-hydrogen) atoms. The molecule has 0 bridgehead atoms. The third-order valence-corrected chi connectivity index (χ3v) is 3.06. The molecule has 0 fully saturated rings. The lowest BCUT2D eigenvalue weighted by Gasteiger charge is -2.14. The number of carbonyl (C=O) groups is 3. The van der Waals surface area contributed by atoms with Gasteiger partial charge in [0.15, 0.2) is 17.3 Å². The number of hydrogen-bond donors (Lipinski definition) is 2. The minimum Gasteiger partial charge on any atom is -0.507 e. The number of carbonyl (C=O) groups excluding carboxylic acids is 3. The maximum atomic E-state index is 12.0. The standard InChI is InChI=1S/C16H14O5/c1-8(2)3-4-10(17)9-7-13(20)14-11(18)5-6-12(19)15(14)16(9)21/h3-8,20-21H,1-2H3. The molecule has 0 spiro atoms. The van der Waals surface area contributed by atoms with E-state index in [0.717, 1.165) is 18.2 Å². The second kappa shape index (κ2) is 5.36. The molecule has 1 aromatic carbocycles. The monoisotopic (exact) mass is 286 g/mol. The molecule has 108 valence electrons. The van der Waals surface area contributed by atoms with Crippen molar-refractivity contribution in [3.05, 3.63) is 47.1 Å². The average Bonchev–Trinajstić information content (AvgIpc) is 2.42. The predicted molar refractivity (Wildman–Crippen MR) is 75.9 cm³/mol. The SMILES string of the molecule is CC(C)C=CC(=O)c1cc(O)c2c(c1O)C(=O)C=CC2=O. The lowest BCUT2D eigenvalue weighted by atomic mass is 9.89. The minimum absolute atomic E-state index is 0.133. The number of allylic oxidation sites excluding steroid dienone is 4. The van der Waals surface area contributed by atoms with Gasteiger partial charge in [0.1, 0.15) is 11.5 Å². The quantitative estimate of drug-likeness (QED) is 0.506. The molecule has 0 heterocycles. The first-order valence-corrected chi connectivity index (χ1v) is 6.41. The second-order valence-electron chi connectivity index (χ2n) is 5.07. The van der Waals surface area contributed by atoms with E-state index in [-0.39, 0.29) is 22.6 Å². The highest BCUT2D eigenvalue weighted by Gasteiger charge is 2.29. The Balaban J connectivity index is 2.61. The zero-order chi connectivity index (χ0) is 15.7. The van der Waals surface area contributed by atoms with Gasteiger partial charge < -0.3 is 10.2 Å². The summed E-state index contributed by atoms with van der Waals surface area (Å²) in [6.45, 7) is 3.75. The van der Waals surface area contributed by atoms with Crippen molar-refractivity contribution in [1.82, 2.24) is 0 Å². The largest absolute Gasteiger partial charge is 0.507 e. The molecular formula is C16H14O5. The number of hydrogen-bond acceptors (Lipinski definition) is 5. The molecule has 2 rings (SSSR count). The van der Waals surface area contributed by atoms with Crippen molar-refractivity contribution in [2.75, 3.05) is 0 Å². The van der Waals surface area contributed by atoms with E-state index in [0.29, 0.717) is 0 Å². The van der Waals surface area contributed by atoms with Gasteiger partial charge in [0, 0.05) is 0 Å².